The van der Waals surface area contributed by atoms with Crippen molar-refractivity contribution in [2.24, 2.45) is 0 Å². The molecule has 0 fully saturated rings. The van der Waals surface area contributed by atoms with Gasteiger partial charge in [0.05, 0.1) is 21.3 Å². The van der Waals surface area contributed by atoms with Crippen LogP contribution in [0, 0.1) is 0 Å². The van der Waals surface area contributed by atoms with E-state index in [1.807, 2.05) is 18.2 Å². The number of carbonyl (C=O) groups is 1. The Labute approximate surface area is 195 Å². The van der Waals surface area contributed by atoms with Crippen molar-refractivity contribution in [1.82, 2.24) is 4.98 Å². The summed E-state index contributed by atoms with van der Waals surface area (Å²) in [5.41, 5.74) is 3.03. The van der Waals surface area contributed by atoms with Crippen molar-refractivity contribution in [2.45, 2.75) is 0 Å². The Kier molecular flexibility index (Phi) is 6.34. The van der Waals surface area contributed by atoms with E-state index in [4.69, 9.17) is 24.0 Å². The first-order valence-electron chi connectivity index (χ1n) is 10.1. The molecule has 0 saturated heterocycles. The predicted octanol–water partition coefficient (Wildman–Crippen LogP) is 4.56. The predicted molar refractivity (Wildman–Crippen MR) is 126 cm³/mol. The van der Waals surface area contributed by atoms with Crippen LogP contribution in [-0.4, -0.2) is 41.9 Å². The van der Waals surface area contributed by atoms with Crippen LogP contribution in [0.1, 0.15) is 15.9 Å². The number of fused-ring (bicyclic) bond motifs is 1. The molecule has 4 aromatic rings. The molecule has 0 atom stereocenters. The van der Waals surface area contributed by atoms with E-state index in [9.17, 15) is 9.36 Å². The van der Waals surface area contributed by atoms with Gasteiger partial charge in [0.15, 0.2) is 17.3 Å². The molecule has 0 saturated carbocycles. The van der Waals surface area contributed by atoms with E-state index < -0.39 is 7.82 Å². The smallest absolute Gasteiger partial charge is 0.493 e. The number of carbonyl (C=O) groups excluding carboxylic acids is 1. The number of methoxy groups -OCH3 is 3. The number of phosphoric acid groups is 1. The summed E-state index contributed by atoms with van der Waals surface area (Å²) in [6, 6.07) is 15.1. The van der Waals surface area contributed by atoms with Gasteiger partial charge in [0.1, 0.15) is 5.75 Å². The number of nitrogens with one attached hydrogen (secondary N) is 1. The quantitative estimate of drug-likeness (QED) is 0.246. The molecule has 176 valence electrons. The third-order valence-corrected chi connectivity index (χ3v) is 5.69. The van der Waals surface area contributed by atoms with Crippen LogP contribution in [-0.2, 0) is 4.57 Å². The Hall–Kier alpha value is -3.78. The minimum atomic E-state index is -4.66. The second kappa shape index (κ2) is 9.23. The maximum Gasteiger partial charge on any atom is 0.524 e. The molecule has 10 heteroatoms. The second-order valence-corrected chi connectivity index (χ2v) is 8.48. The Bertz CT molecular complexity index is 1400. The molecule has 34 heavy (non-hydrogen) atoms. The van der Waals surface area contributed by atoms with Crippen molar-refractivity contribution in [3.8, 4) is 34.1 Å². The highest BCUT2D eigenvalue weighted by atomic mass is 31.2. The average molecular weight is 483 g/mol. The maximum absolute atomic E-state index is 13.3. The number of phosphoric ester groups is 1. The van der Waals surface area contributed by atoms with E-state index in [1.165, 1.54) is 33.5 Å². The number of benzene rings is 3. The lowest BCUT2D eigenvalue weighted by atomic mass is 9.99. The minimum Gasteiger partial charge on any atom is -0.493 e. The summed E-state index contributed by atoms with van der Waals surface area (Å²) >= 11 is 0. The summed E-state index contributed by atoms with van der Waals surface area (Å²) in [5, 5.41) is 0.713. The molecule has 0 radical (unpaired) electrons. The first kappa shape index (κ1) is 23.4. The van der Waals surface area contributed by atoms with E-state index >= 15 is 0 Å². The average Bonchev–Trinajstić information content (AvgIpc) is 3.24. The number of H-pyrrole nitrogens is 1. The fourth-order valence-corrected chi connectivity index (χ4v) is 4.12. The third-order valence-electron chi connectivity index (χ3n) is 5.24. The molecule has 0 bridgehead atoms. The molecule has 1 aromatic heterocycles. The van der Waals surface area contributed by atoms with Gasteiger partial charge in [0.2, 0.25) is 5.75 Å². The molecule has 4 rings (SSSR count). The van der Waals surface area contributed by atoms with Gasteiger partial charge in [-0.1, -0.05) is 24.3 Å². The summed E-state index contributed by atoms with van der Waals surface area (Å²) in [6.07, 6.45) is 1.63. The SMILES string of the molecule is COc1cc(C(=O)c2c[nH]c3cc(-c4cccc(OP(=O)(O)O)c4)ccc23)cc(OC)c1OC. The molecule has 3 N–H and O–H groups in total. The molecule has 9 nitrogen and oxygen atoms in total. The summed E-state index contributed by atoms with van der Waals surface area (Å²) in [6.45, 7) is 0. The van der Waals surface area contributed by atoms with E-state index in [0.29, 0.717) is 39.3 Å². The molecular weight excluding hydrogens is 461 g/mol. The van der Waals surface area contributed by atoms with Gasteiger partial charge in [-0.05, 0) is 41.5 Å². The molecule has 1 heterocycles. The number of hydrogen-bond donors (Lipinski definition) is 3. The van der Waals surface area contributed by atoms with Gasteiger partial charge in [-0.3, -0.25) is 14.6 Å². The summed E-state index contributed by atoms with van der Waals surface area (Å²) in [7, 11) is -0.199. The molecule has 0 amide bonds. The van der Waals surface area contributed by atoms with Crippen LogP contribution >= 0.6 is 7.82 Å². The van der Waals surface area contributed by atoms with Crippen LogP contribution in [0.4, 0.5) is 0 Å². The van der Waals surface area contributed by atoms with Gasteiger partial charge in [0.25, 0.3) is 0 Å². The van der Waals surface area contributed by atoms with Crippen molar-refractivity contribution < 1.29 is 37.9 Å². The highest BCUT2D eigenvalue weighted by Crippen LogP contribution is 2.40. The first-order valence-corrected chi connectivity index (χ1v) is 11.6. The Balaban J connectivity index is 1.70. The topological polar surface area (TPSA) is 127 Å². The van der Waals surface area contributed by atoms with Crippen molar-refractivity contribution >= 4 is 24.5 Å². The van der Waals surface area contributed by atoms with Crippen molar-refractivity contribution in [1.29, 1.82) is 0 Å². The largest absolute Gasteiger partial charge is 0.524 e. The monoisotopic (exact) mass is 483 g/mol. The highest BCUT2D eigenvalue weighted by molar-refractivity contribution is 7.46. The van der Waals surface area contributed by atoms with Gasteiger partial charge >= 0.3 is 7.82 Å². The molecule has 0 unspecified atom stereocenters. The third kappa shape index (κ3) is 4.63. The van der Waals surface area contributed by atoms with Gasteiger partial charge in [-0.2, -0.15) is 0 Å². The molecule has 3 aromatic carbocycles. The van der Waals surface area contributed by atoms with Crippen LogP contribution in [0.3, 0.4) is 0 Å². The Morgan fingerprint density at radius 2 is 1.56 bits per heavy atom. The van der Waals surface area contributed by atoms with Crippen LogP contribution in [0.25, 0.3) is 22.0 Å². The molecule has 0 spiro atoms. The number of aromatic amines is 1. The van der Waals surface area contributed by atoms with Crippen LogP contribution in [0.5, 0.6) is 23.0 Å². The van der Waals surface area contributed by atoms with E-state index in [0.717, 1.165) is 11.1 Å². The lowest BCUT2D eigenvalue weighted by molar-refractivity contribution is 0.103. The fourth-order valence-electron chi connectivity index (χ4n) is 3.73. The molecule has 0 aliphatic carbocycles. The highest BCUT2D eigenvalue weighted by Gasteiger charge is 2.21. The zero-order valence-corrected chi connectivity index (χ0v) is 19.5. The van der Waals surface area contributed by atoms with Gasteiger partial charge in [-0.15, -0.1) is 0 Å². The van der Waals surface area contributed by atoms with E-state index in [-0.39, 0.29) is 11.5 Å². The number of hydrogen-bond acceptors (Lipinski definition) is 6. The van der Waals surface area contributed by atoms with Gasteiger partial charge in [-0.25, -0.2) is 4.57 Å². The number of rotatable bonds is 8. The number of aromatic nitrogens is 1. The van der Waals surface area contributed by atoms with Crippen molar-refractivity contribution in [3.63, 3.8) is 0 Å². The number of ketones is 1. The van der Waals surface area contributed by atoms with Gasteiger partial charge < -0.3 is 23.7 Å². The van der Waals surface area contributed by atoms with Crippen molar-refractivity contribution in [3.05, 3.63) is 71.9 Å². The molecular formula is C24H22NO8P. The summed E-state index contributed by atoms with van der Waals surface area (Å²) in [5.74, 6) is 0.982. The summed E-state index contributed by atoms with van der Waals surface area (Å²) in [4.78, 5) is 34.5. The van der Waals surface area contributed by atoms with E-state index in [1.54, 1.807) is 30.5 Å². The lowest BCUT2D eigenvalue weighted by Crippen LogP contribution is -2.03. The number of ether oxygens (including phenoxy) is 3. The van der Waals surface area contributed by atoms with Crippen molar-refractivity contribution in [2.75, 3.05) is 21.3 Å². The molecule has 0 aliphatic heterocycles. The normalized spacial score (nSPS) is 11.3. The molecule has 0 aliphatic rings. The fraction of sp³-hybridized carbons (Fsp3) is 0.125. The maximum atomic E-state index is 13.3. The van der Waals surface area contributed by atoms with E-state index in [2.05, 4.69) is 9.51 Å². The van der Waals surface area contributed by atoms with Crippen LogP contribution in [0.2, 0.25) is 0 Å². The summed E-state index contributed by atoms with van der Waals surface area (Å²) < 4.78 is 31.8. The zero-order chi connectivity index (χ0) is 24.5. The second-order valence-electron chi connectivity index (χ2n) is 7.32. The zero-order valence-electron chi connectivity index (χ0n) is 18.6. The Morgan fingerprint density at radius 1 is 0.882 bits per heavy atom. The van der Waals surface area contributed by atoms with Crippen LogP contribution < -0.4 is 18.7 Å². The lowest BCUT2D eigenvalue weighted by Gasteiger charge is -2.13. The van der Waals surface area contributed by atoms with Gasteiger partial charge in [0, 0.05) is 28.2 Å². The minimum absolute atomic E-state index is 0.0516. The standard InChI is InChI=1S/C24H22NO8P/c1-30-21-11-16(12-22(31-2)24(21)32-3)23(26)19-13-25-20-10-15(7-8-18(19)20)14-5-4-6-17(9-14)33-34(27,28)29/h4-13,25H,1-3H3,(H2,27,28,29). The first-order chi connectivity index (χ1) is 16.2. The Morgan fingerprint density at radius 3 is 2.18 bits per heavy atom. The van der Waals surface area contributed by atoms with Crippen LogP contribution in [0.15, 0.2) is 60.8 Å².